The molecule has 0 aliphatic rings. The quantitative estimate of drug-likeness (QED) is 0.485. The molecule has 0 fully saturated rings. The SMILES string of the molecule is COCOc1ccc(-n2nnc([C@H](O)c3c(Cl)ccc4cncn34)c2C)cc1F. The van der Waals surface area contributed by atoms with Crippen LogP contribution in [0.25, 0.3) is 11.2 Å². The van der Waals surface area contributed by atoms with Gasteiger partial charge < -0.3 is 14.6 Å². The van der Waals surface area contributed by atoms with E-state index in [9.17, 15) is 9.50 Å². The van der Waals surface area contributed by atoms with Crippen molar-refractivity contribution in [2.45, 2.75) is 13.0 Å². The van der Waals surface area contributed by atoms with E-state index in [4.69, 9.17) is 21.1 Å². The zero-order chi connectivity index (χ0) is 20.5. The molecule has 0 unspecified atom stereocenters. The lowest BCUT2D eigenvalue weighted by Crippen LogP contribution is -2.09. The summed E-state index contributed by atoms with van der Waals surface area (Å²) in [6.45, 7) is 1.67. The lowest BCUT2D eigenvalue weighted by Gasteiger charge is -2.14. The van der Waals surface area contributed by atoms with Crippen molar-refractivity contribution in [2.24, 2.45) is 0 Å². The summed E-state index contributed by atoms with van der Waals surface area (Å²) in [5.41, 5.74) is 2.47. The third-order valence-electron chi connectivity index (χ3n) is 4.51. The molecule has 3 heterocycles. The van der Waals surface area contributed by atoms with Crippen LogP contribution in [0, 0.1) is 12.7 Å². The number of halogens is 2. The Morgan fingerprint density at radius 3 is 2.86 bits per heavy atom. The molecule has 0 aliphatic heterocycles. The van der Waals surface area contributed by atoms with Crippen LogP contribution in [0.1, 0.15) is 23.2 Å². The first-order valence-electron chi connectivity index (χ1n) is 8.63. The van der Waals surface area contributed by atoms with Crippen LogP contribution in [0.15, 0.2) is 42.9 Å². The van der Waals surface area contributed by atoms with Gasteiger partial charge in [-0.15, -0.1) is 5.10 Å². The molecule has 0 saturated heterocycles. The molecule has 1 N–H and O–H groups in total. The van der Waals surface area contributed by atoms with Gasteiger partial charge >= 0.3 is 0 Å². The third-order valence-corrected chi connectivity index (χ3v) is 4.83. The Morgan fingerprint density at radius 2 is 2.10 bits per heavy atom. The van der Waals surface area contributed by atoms with Gasteiger partial charge in [-0.25, -0.2) is 14.1 Å². The van der Waals surface area contributed by atoms with Crippen molar-refractivity contribution in [3.63, 3.8) is 0 Å². The average molecular weight is 418 g/mol. The predicted molar refractivity (Wildman–Crippen MR) is 103 cm³/mol. The van der Waals surface area contributed by atoms with Gasteiger partial charge in [0.2, 0.25) is 0 Å². The fraction of sp³-hybridized carbons (Fsp3) is 0.211. The summed E-state index contributed by atoms with van der Waals surface area (Å²) in [7, 11) is 1.45. The maximum Gasteiger partial charge on any atom is 0.188 e. The van der Waals surface area contributed by atoms with Crippen LogP contribution in [0.4, 0.5) is 4.39 Å². The number of pyridine rings is 1. The second kappa shape index (κ2) is 7.78. The molecule has 0 amide bonds. The molecule has 8 nitrogen and oxygen atoms in total. The summed E-state index contributed by atoms with van der Waals surface area (Å²) in [6, 6.07) is 7.86. The summed E-state index contributed by atoms with van der Waals surface area (Å²) in [4.78, 5) is 4.08. The lowest BCUT2D eigenvalue weighted by molar-refractivity contribution is 0.0483. The average Bonchev–Trinajstić information content (AvgIpc) is 3.33. The topological polar surface area (TPSA) is 86.7 Å². The number of methoxy groups -OCH3 is 1. The van der Waals surface area contributed by atoms with Gasteiger partial charge in [0.05, 0.1) is 40.1 Å². The predicted octanol–water partition coefficient (Wildman–Crippen LogP) is 3.08. The molecule has 0 aliphatic carbocycles. The van der Waals surface area contributed by atoms with E-state index >= 15 is 0 Å². The van der Waals surface area contributed by atoms with Crippen LogP contribution in [-0.2, 0) is 4.74 Å². The van der Waals surface area contributed by atoms with Crippen molar-refractivity contribution in [3.05, 3.63) is 70.8 Å². The van der Waals surface area contributed by atoms with Crippen LogP contribution >= 0.6 is 11.6 Å². The monoisotopic (exact) mass is 417 g/mol. The van der Waals surface area contributed by atoms with Crippen molar-refractivity contribution in [1.82, 2.24) is 24.4 Å². The molecule has 150 valence electrons. The van der Waals surface area contributed by atoms with Gasteiger partial charge in [0.15, 0.2) is 18.4 Å². The van der Waals surface area contributed by atoms with Crippen LogP contribution in [0.3, 0.4) is 0 Å². The molecule has 1 aromatic carbocycles. The van der Waals surface area contributed by atoms with Gasteiger partial charge in [-0.1, -0.05) is 16.8 Å². The molecule has 0 bridgehead atoms. The first kappa shape index (κ1) is 19.3. The smallest absolute Gasteiger partial charge is 0.188 e. The molecule has 0 saturated carbocycles. The minimum Gasteiger partial charge on any atom is -0.464 e. The highest BCUT2D eigenvalue weighted by Gasteiger charge is 2.24. The Labute approximate surface area is 170 Å². The minimum absolute atomic E-state index is 0.0600. The highest BCUT2D eigenvalue weighted by molar-refractivity contribution is 6.31. The highest BCUT2D eigenvalue weighted by Crippen LogP contribution is 2.30. The van der Waals surface area contributed by atoms with E-state index in [-0.39, 0.29) is 12.5 Å². The van der Waals surface area contributed by atoms with Crippen molar-refractivity contribution >= 4 is 17.1 Å². The maximum absolute atomic E-state index is 14.3. The van der Waals surface area contributed by atoms with Gasteiger partial charge in [-0.2, -0.15) is 0 Å². The van der Waals surface area contributed by atoms with Crippen molar-refractivity contribution in [2.75, 3.05) is 13.9 Å². The zero-order valence-corrected chi connectivity index (χ0v) is 16.3. The van der Waals surface area contributed by atoms with Gasteiger partial charge in [0.1, 0.15) is 11.8 Å². The molecule has 29 heavy (non-hydrogen) atoms. The van der Waals surface area contributed by atoms with Crippen molar-refractivity contribution < 1.29 is 19.0 Å². The number of rotatable bonds is 6. The van der Waals surface area contributed by atoms with Crippen molar-refractivity contribution in [3.8, 4) is 11.4 Å². The van der Waals surface area contributed by atoms with Crippen LogP contribution < -0.4 is 4.74 Å². The number of hydrogen-bond acceptors (Lipinski definition) is 6. The first-order valence-corrected chi connectivity index (χ1v) is 9.01. The lowest BCUT2D eigenvalue weighted by atomic mass is 10.1. The normalized spacial score (nSPS) is 12.4. The number of aliphatic hydroxyl groups excluding tert-OH is 1. The molecule has 1 atom stereocenters. The number of ether oxygens (including phenoxy) is 2. The van der Waals surface area contributed by atoms with Gasteiger partial charge in [0.25, 0.3) is 0 Å². The second-order valence-corrected chi connectivity index (χ2v) is 6.70. The molecule has 0 spiro atoms. The Balaban J connectivity index is 1.71. The maximum atomic E-state index is 14.3. The standard InChI is InChI=1S/C19H17ClFN5O3/c1-11-17(19(27)18-14(20)5-3-13-8-22-9-25(13)18)23-24-26(11)12-4-6-16(15(21)7-12)29-10-28-2/h3-9,19,27H,10H2,1-2H3/t19-/m0/s1. The molecular formula is C19H17ClFN5O3. The van der Waals surface area contributed by atoms with Crippen LogP contribution in [-0.4, -0.2) is 43.4 Å². The van der Waals surface area contributed by atoms with E-state index in [0.29, 0.717) is 27.8 Å². The van der Waals surface area contributed by atoms with Gasteiger partial charge in [-0.3, -0.25) is 4.40 Å². The number of hydrogen-bond donors (Lipinski definition) is 1. The zero-order valence-electron chi connectivity index (χ0n) is 15.6. The van der Waals surface area contributed by atoms with E-state index in [1.165, 1.54) is 23.9 Å². The Hall–Kier alpha value is -3.01. The van der Waals surface area contributed by atoms with Crippen LogP contribution in [0.5, 0.6) is 5.75 Å². The number of fused-ring (bicyclic) bond motifs is 1. The largest absolute Gasteiger partial charge is 0.464 e. The first-order chi connectivity index (χ1) is 14.0. The highest BCUT2D eigenvalue weighted by atomic mass is 35.5. The van der Waals surface area contributed by atoms with E-state index in [2.05, 4.69) is 15.3 Å². The molecule has 3 aromatic heterocycles. The molecular weight excluding hydrogens is 401 g/mol. The Bertz CT molecular complexity index is 1180. The fourth-order valence-corrected chi connectivity index (χ4v) is 3.34. The summed E-state index contributed by atoms with van der Waals surface area (Å²) in [5, 5.41) is 19.5. The molecule has 10 heteroatoms. The summed E-state index contributed by atoms with van der Waals surface area (Å²) in [5.74, 6) is -0.505. The summed E-state index contributed by atoms with van der Waals surface area (Å²) < 4.78 is 27.3. The molecule has 4 aromatic rings. The fourth-order valence-electron chi connectivity index (χ4n) is 3.08. The van der Waals surface area contributed by atoms with E-state index in [0.717, 1.165) is 5.52 Å². The number of imidazole rings is 1. The number of benzene rings is 1. The van der Waals surface area contributed by atoms with E-state index in [1.54, 1.807) is 42.0 Å². The van der Waals surface area contributed by atoms with Crippen molar-refractivity contribution in [1.29, 1.82) is 0 Å². The number of aromatic nitrogens is 5. The van der Waals surface area contributed by atoms with E-state index in [1.807, 2.05) is 0 Å². The summed E-state index contributed by atoms with van der Waals surface area (Å²) >= 11 is 6.32. The molecule has 0 radical (unpaired) electrons. The third kappa shape index (κ3) is 3.44. The van der Waals surface area contributed by atoms with Gasteiger partial charge in [-0.05, 0) is 31.2 Å². The number of nitrogens with zero attached hydrogens (tertiary/aromatic N) is 5. The van der Waals surface area contributed by atoms with Gasteiger partial charge in [0, 0.05) is 13.2 Å². The number of aliphatic hydroxyl groups is 1. The van der Waals surface area contributed by atoms with Crippen LogP contribution in [0.2, 0.25) is 5.02 Å². The summed E-state index contributed by atoms with van der Waals surface area (Å²) in [6.07, 6.45) is 2.07. The van der Waals surface area contributed by atoms with E-state index < -0.39 is 11.9 Å². The minimum atomic E-state index is -1.15. The molecule has 4 rings (SSSR count). The Kier molecular flexibility index (Phi) is 5.18. The second-order valence-electron chi connectivity index (χ2n) is 6.30. The Morgan fingerprint density at radius 1 is 1.28 bits per heavy atom.